The van der Waals surface area contributed by atoms with E-state index in [0.29, 0.717) is 12.2 Å². The average molecular weight is 526 g/mol. The van der Waals surface area contributed by atoms with Crippen molar-refractivity contribution in [3.05, 3.63) is 120 Å². The molecule has 0 aliphatic carbocycles. The van der Waals surface area contributed by atoms with E-state index in [1.165, 1.54) is 24.0 Å². The van der Waals surface area contributed by atoms with Crippen LogP contribution in [0, 0.1) is 0 Å². The van der Waals surface area contributed by atoms with Crippen molar-refractivity contribution in [3.63, 3.8) is 0 Å². The number of nitrogens with zero attached hydrogens (tertiary/aromatic N) is 4. The van der Waals surface area contributed by atoms with Crippen LogP contribution >= 0.6 is 0 Å². The van der Waals surface area contributed by atoms with Crippen LogP contribution in [0.25, 0.3) is 11.4 Å². The second-order valence-electron chi connectivity index (χ2n) is 8.73. The number of methoxy groups -OCH3 is 1. The smallest absolute Gasteiger partial charge is 0.263 e. The van der Waals surface area contributed by atoms with Gasteiger partial charge >= 0.3 is 0 Å². The van der Waals surface area contributed by atoms with Crippen molar-refractivity contribution >= 4 is 15.7 Å². The number of hydrogen-bond acceptors (Lipinski definition) is 6. The molecule has 0 spiro atoms. The number of aryl methyl sites for hydroxylation is 2. The molecule has 8 nitrogen and oxygen atoms in total. The Morgan fingerprint density at radius 2 is 1.58 bits per heavy atom. The van der Waals surface area contributed by atoms with Crippen LogP contribution in [-0.4, -0.2) is 35.3 Å². The van der Waals surface area contributed by atoms with Gasteiger partial charge in [-0.2, -0.15) is 0 Å². The quantitative estimate of drug-likeness (QED) is 0.276. The molecule has 0 amide bonds. The third-order valence-corrected chi connectivity index (χ3v) is 7.51. The van der Waals surface area contributed by atoms with Crippen LogP contribution in [-0.2, 0) is 29.4 Å². The van der Waals surface area contributed by atoms with E-state index in [9.17, 15) is 8.42 Å². The van der Waals surface area contributed by atoms with Gasteiger partial charge < -0.3 is 9.30 Å². The van der Waals surface area contributed by atoms with E-state index in [2.05, 4.69) is 48.7 Å². The first kappa shape index (κ1) is 25.2. The second-order valence-corrected chi connectivity index (χ2v) is 10.4. The summed E-state index contributed by atoms with van der Waals surface area (Å²) in [6.07, 6.45) is 4.38. The molecule has 5 aromatic rings. The zero-order valence-corrected chi connectivity index (χ0v) is 21.7. The first-order valence-corrected chi connectivity index (χ1v) is 13.6. The van der Waals surface area contributed by atoms with Gasteiger partial charge in [0, 0.05) is 30.1 Å². The highest BCUT2D eigenvalue weighted by Crippen LogP contribution is 2.24. The maximum atomic E-state index is 12.7. The Kier molecular flexibility index (Phi) is 7.46. The second kappa shape index (κ2) is 11.3. The maximum absolute atomic E-state index is 12.7. The summed E-state index contributed by atoms with van der Waals surface area (Å²) in [4.78, 5) is 4.00. The molecule has 0 unspecified atom stereocenters. The van der Waals surface area contributed by atoms with E-state index in [0.717, 1.165) is 41.4 Å². The molecule has 0 saturated carbocycles. The summed E-state index contributed by atoms with van der Waals surface area (Å²) in [6.45, 7) is 0.622. The van der Waals surface area contributed by atoms with Gasteiger partial charge in [-0.3, -0.25) is 9.71 Å². The summed E-state index contributed by atoms with van der Waals surface area (Å²) in [5.74, 6) is 2.43. The van der Waals surface area contributed by atoms with E-state index >= 15 is 0 Å². The third-order valence-electron chi connectivity index (χ3n) is 6.15. The topological polar surface area (TPSA) is 99.0 Å². The van der Waals surface area contributed by atoms with Crippen molar-refractivity contribution in [1.29, 1.82) is 0 Å². The summed E-state index contributed by atoms with van der Waals surface area (Å²) in [5.41, 5.74) is 3.62. The lowest BCUT2D eigenvalue weighted by Gasteiger charge is -2.12. The molecule has 0 aliphatic rings. The average Bonchev–Trinajstić information content (AvgIpc) is 3.35. The number of benzene rings is 3. The van der Waals surface area contributed by atoms with Crippen molar-refractivity contribution in [2.24, 2.45) is 0 Å². The summed E-state index contributed by atoms with van der Waals surface area (Å²) < 4.78 is 35.3. The van der Waals surface area contributed by atoms with Gasteiger partial charge in [0.1, 0.15) is 16.5 Å². The van der Waals surface area contributed by atoms with Crippen LogP contribution in [0.3, 0.4) is 0 Å². The Morgan fingerprint density at radius 3 is 2.26 bits per heavy atom. The fourth-order valence-electron chi connectivity index (χ4n) is 4.12. The minimum atomic E-state index is -3.73. The Morgan fingerprint density at radius 1 is 0.816 bits per heavy atom. The highest BCUT2D eigenvalue weighted by Gasteiger charge is 2.17. The molecule has 2 heterocycles. The Hall–Kier alpha value is -4.50. The van der Waals surface area contributed by atoms with Crippen LogP contribution in [0.1, 0.15) is 17.0 Å². The van der Waals surface area contributed by atoms with Crippen molar-refractivity contribution < 1.29 is 13.2 Å². The largest absolute Gasteiger partial charge is 0.497 e. The van der Waals surface area contributed by atoms with Crippen molar-refractivity contribution in [1.82, 2.24) is 19.7 Å². The standard InChI is InChI=1S/C29H27N5O3S/c1-37-26-16-9-22(10-17-26)11-18-28-31-32-29(34(28)21-23-6-3-2-4-7-23)24-12-14-25(15-13-24)33-38(35,36)27-8-5-19-30-20-27/h2-10,12-17,19-20,33H,11,18,21H2,1H3. The molecule has 0 atom stereocenters. The van der Waals surface area contributed by atoms with Crippen molar-refractivity contribution in [2.75, 3.05) is 11.8 Å². The van der Waals surface area contributed by atoms with Gasteiger partial charge in [-0.05, 0) is 66.1 Å². The number of ether oxygens (including phenoxy) is 1. The van der Waals surface area contributed by atoms with E-state index in [-0.39, 0.29) is 4.90 Å². The molecule has 192 valence electrons. The van der Waals surface area contributed by atoms with E-state index in [1.807, 2.05) is 42.5 Å². The van der Waals surface area contributed by atoms with Crippen molar-refractivity contribution in [3.8, 4) is 17.1 Å². The molecule has 3 aromatic carbocycles. The zero-order chi connectivity index (χ0) is 26.4. The number of hydrogen-bond donors (Lipinski definition) is 1. The van der Waals surface area contributed by atoms with E-state index in [1.54, 1.807) is 25.3 Å². The normalized spacial score (nSPS) is 11.3. The fourth-order valence-corrected chi connectivity index (χ4v) is 5.14. The number of aromatic nitrogens is 4. The molecule has 2 aromatic heterocycles. The molecular formula is C29H27N5O3S. The van der Waals surface area contributed by atoms with Gasteiger partial charge in [-0.15, -0.1) is 10.2 Å². The molecular weight excluding hydrogens is 498 g/mol. The Balaban J connectivity index is 1.39. The van der Waals surface area contributed by atoms with Crippen LogP contribution in [0.4, 0.5) is 5.69 Å². The molecule has 38 heavy (non-hydrogen) atoms. The Labute approximate surface area is 222 Å². The molecule has 5 rings (SSSR count). The lowest BCUT2D eigenvalue weighted by molar-refractivity contribution is 0.414. The third kappa shape index (κ3) is 5.90. The van der Waals surface area contributed by atoms with Gasteiger partial charge in [-0.25, -0.2) is 8.42 Å². The summed E-state index contributed by atoms with van der Waals surface area (Å²) in [5, 5.41) is 9.05. The van der Waals surface area contributed by atoms with Crippen LogP contribution in [0.2, 0.25) is 0 Å². The number of nitrogens with one attached hydrogen (secondary N) is 1. The zero-order valence-electron chi connectivity index (χ0n) is 20.9. The number of anilines is 1. The van der Waals surface area contributed by atoms with Gasteiger partial charge in [0.05, 0.1) is 13.7 Å². The summed E-state index contributed by atoms with van der Waals surface area (Å²) in [6, 6.07) is 28.4. The Bertz CT molecular complexity index is 1590. The fraction of sp³-hybridized carbons (Fsp3) is 0.138. The highest BCUT2D eigenvalue weighted by molar-refractivity contribution is 7.92. The van der Waals surface area contributed by atoms with Crippen LogP contribution < -0.4 is 9.46 Å². The predicted octanol–water partition coefficient (Wildman–Crippen LogP) is 4.98. The van der Waals surface area contributed by atoms with Gasteiger partial charge in [0.15, 0.2) is 5.82 Å². The molecule has 0 aliphatic heterocycles. The maximum Gasteiger partial charge on any atom is 0.263 e. The van der Waals surface area contributed by atoms with Gasteiger partial charge in [0.25, 0.3) is 10.0 Å². The van der Waals surface area contributed by atoms with Crippen LogP contribution in [0.15, 0.2) is 108 Å². The lowest BCUT2D eigenvalue weighted by atomic mass is 10.1. The molecule has 9 heteroatoms. The minimum Gasteiger partial charge on any atom is -0.497 e. The molecule has 0 radical (unpaired) electrons. The summed E-state index contributed by atoms with van der Waals surface area (Å²) in [7, 11) is -2.07. The van der Waals surface area contributed by atoms with Crippen molar-refractivity contribution in [2.45, 2.75) is 24.3 Å². The molecule has 0 bridgehead atoms. The van der Waals surface area contributed by atoms with E-state index < -0.39 is 10.0 Å². The summed E-state index contributed by atoms with van der Waals surface area (Å²) >= 11 is 0. The van der Waals surface area contributed by atoms with Gasteiger partial charge in [0.2, 0.25) is 0 Å². The SMILES string of the molecule is COc1ccc(CCc2nnc(-c3ccc(NS(=O)(=O)c4cccnc4)cc3)n2Cc2ccccc2)cc1. The molecule has 1 N–H and O–H groups in total. The molecule has 0 fully saturated rings. The first-order chi connectivity index (χ1) is 18.5. The minimum absolute atomic E-state index is 0.105. The van der Waals surface area contributed by atoms with Gasteiger partial charge in [-0.1, -0.05) is 42.5 Å². The van der Waals surface area contributed by atoms with Crippen LogP contribution in [0.5, 0.6) is 5.75 Å². The van der Waals surface area contributed by atoms with E-state index in [4.69, 9.17) is 4.74 Å². The number of sulfonamides is 1. The monoisotopic (exact) mass is 525 g/mol. The lowest BCUT2D eigenvalue weighted by Crippen LogP contribution is -2.13. The number of rotatable bonds is 10. The highest BCUT2D eigenvalue weighted by atomic mass is 32.2. The number of pyridine rings is 1. The first-order valence-electron chi connectivity index (χ1n) is 12.1. The predicted molar refractivity (Wildman–Crippen MR) is 146 cm³/mol. The molecule has 0 saturated heterocycles.